The molecule has 0 saturated carbocycles. The maximum atomic E-state index is 6.65. The number of para-hydroxylation sites is 2. The van der Waals surface area contributed by atoms with Gasteiger partial charge in [0, 0.05) is 38.2 Å². The molecule has 0 spiro atoms. The molecular weight excluding hydrogens is 787 g/mol. The van der Waals surface area contributed by atoms with Crippen molar-refractivity contribution in [3.63, 3.8) is 0 Å². The van der Waals surface area contributed by atoms with Crippen LogP contribution in [-0.4, -0.2) is 4.57 Å². The summed E-state index contributed by atoms with van der Waals surface area (Å²) in [7, 11) is 0. The van der Waals surface area contributed by atoms with Gasteiger partial charge in [0.25, 0.3) is 0 Å². The maximum absolute atomic E-state index is 6.65. The van der Waals surface area contributed by atoms with Crippen LogP contribution in [0.4, 0.5) is 0 Å². The minimum atomic E-state index is -0.106. The van der Waals surface area contributed by atoms with Gasteiger partial charge in [-0.3, -0.25) is 0 Å². The topological polar surface area (TPSA) is 18.1 Å². The van der Waals surface area contributed by atoms with E-state index in [-0.39, 0.29) is 5.41 Å². The number of fused-ring (bicyclic) bond motifs is 9. The molecule has 0 unspecified atom stereocenters. The standard InChI is InChI=1S/C63H43NO/c1-63(2)57-24-13-12-21-51(57)52-29-25-45(39-58(52)63)48-34-46(33-47(35-48)44-28-32-61-56(38-44)53-23-14-22-50(62(53)65-61)41-17-8-4-9-18-41)43-27-31-60-55(37-43)54-36-42(40-15-6-3-7-16-40)26-30-59(54)64(60)49-19-10-5-11-20-49/h3-39H,1-2H3. The number of rotatable bonds is 6. The third-order valence-electron chi connectivity index (χ3n) is 14.0. The quantitative estimate of drug-likeness (QED) is 0.163. The lowest BCUT2D eigenvalue weighted by atomic mass is 9.81. The number of benzene rings is 10. The molecule has 13 rings (SSSR count). The van der Waals surface area contributed by atoms with E-state index >= 15 is 0 Å². The first-order chi connectivity index (χ1) is 32.0. The zero-order valence-corrected chi connectivity index (χ0v) is 36.2. The van der Waals surface area contributed by atoms with Crippen molar-refractivity contribution in [2.75, 3.05) is 0 Å². The highest BCUT2D eigenvalue weighted by molar-refractivity contribution is 6.13. The van der Waals surface area contributed by atoms with E-state index in [0.717, 1.165) is 49.9 Å². The maximum Gasteiger partial charge on any atom is 0.143 e. The van der Waals surface area contributed by atoms with Gasteiger partial charge in [-0.15, -0.1) is 0 Å². The number of hydrogen-bond donors (Lipinski definition) is 0. The summed E-state index contributed by atoms with van der Waals surface area (Å²) in [6.07, 6.45) is 0. The van der Waals surface area contributed by atoms with Gasteiger partial charge in [0.1, 0.15) is 11.2 Å². The minimum Gasteiger partial charge on any atom is -0.455 e. The number of hydrogen-bond acceptors (Lipinski definition) is 1. The molecule has 0 fully saturated rings. The Labute approximate surface area is 378 Å². The summed E-state index contributed by atoms with van der Waals surface area (Å²) in [5, 5.41) is 4.69. The number of nitrogens with zero attached hydrogens (tertiary/aromatic N) is 1. The van der Waals surface area contributed by atoms with Crippen molar-refractivity contribution >= 4 is 43.7 Å². The summed E-state index contributed by atoms with van der Waals surface area (Å²) in [5.74, 6) is 0. The summed E-state index contributed by atoms with van der Waals surface area (Å²) >= 11 is 0. The molecule has 2 heteroatoms. The highest BCUT2D eigenvalue weighted by Gasteiger charge is 2.35. The fraction of sp³-hybridized carbons (Fsp3) is 0.0476. The SMILES string of the molecule is CC1(C)c2ccccc2-c2ccc(-c3cc(-c4ccc5oc6c(-c7ccccc7)cccc6c5c4)cc(-c4ccc5c(c4)c4cc(-c6ccccc6)ccc4n5-c4ccccc4)c3)cc21. The smallest absolute Gasteiger partial charge is 0.143 e. The molecule has 12 aromatic rings. The molecule has 0 bridgehead atoms. The van der Waals surface area contributed by atoms with Gasteiger partial charge in [0.05, 0.1) is 11.0 Å². The van der Waals surface area contributed by atoms with E-state index in [0.29, 0.717) is 0 Å². The van der Waals surface area contributed by atoms with Gasteiger partial charge in [-0.2, -0.15) is 0 Å². The first-order valence-electron chi connectivity index (χ1n) is 22.6. The highest BCUT2D eigenvalue weighted by Crippen LogP contribution is 2.50. The Hall–Kier alpha value is -8.20. The lowest BCUT2D eigenvalue weighted by Crippen LogP contribution is -2.14. The van der Waals surface area contributed by atoms with Crippen molar-refractivity contribution in [1.29, 1.82) is 0 Å². The van der Waals surface area contributed by atoms with Crippen LogP contribution >= 0.6 is 0 Å². The van der Waals surface area contributed by atoms with Crippen molar-refractivity contribution in [3.05, 3.63) is 236 Å². The fourth-order valence-corrected chi connectivity index (χ4v) is 10.7. The monoisotopic (exact) mass is 829 g/mol. The van der Waals surface area contributed by atoms with E-state index in [1.165, 1.54) is 77.4 Å². The van der Waals surface area contributed by atoms with Gasteiger partial charge < -0.3 is 8.98 Å². The van der Waals surface area contributed by atoms with E-state index in [2.05, 4.69) is 243 Å². The molecule has 2 aromatic heterocycles. The van der Waals surface area contributed by atoms with Gasteiger partial charge in [-0.05, 0) is 145 Å². The van der Waals surface area contributed by atoms with E-state index < -0.39 is 0 Å². The predicted octanol–water partition coefficient (Wildman–Crippen LogP) is 17.3. The second kappa shape index (κ2) is 14.4. The third kappa shape index (κ3) is 5.95. The largest absolute Gasteiger partial charge is 0.455 e. The molecule has 0 atom stereocenters. The normalized spacial score (nSPS) is 12.9. The zero-order chi connectivity index (χ0) is 43.2. The molecule has 0 saturated heterocycles. The molecular formula is C63H43NO. The summed E-state index contributed by atoms with van der Waals surface area (Å²) in [6, 6.07) is 82.2. The Morgan fingerprint density at radius 3 is 1.51 bits per heavy atom. The van der Waals surface area contributed by atoms with Crippen LogP contribution in [0, 0.1) is 0 Å². The van der Waals surface area contributed by atoms with E-state index in [4.69, 9.17) is 4.42 Å². The highest BCUT2D eigenvalue weighted by atomic mass is 16.3. The lowest BCUT2D eigenvalue weighted by molar-refractivity contribution is 0.660. The Bertz CT molecular complexity index is 3830. The second-order valence-corrected chi connectivity index (χ2v) is 18.1. The molecule has 1 aliphatic rings. The average molecular weight is 830 g/mol. The van der Waals surface area contributed by atoms with Gasteiger partial charge in [-0.25, -0.2) is 0 Å². The predicted molar refractivity (Wildman–Crippen MR) is 273 cm³/mol. The number of furan rings is 1. The number of aromatic nitrogens is 1. The van der Waals surface area contributed by atoms with Gasteiger partial charge >= 0.3 is 0 Å². The van der Waals surface area contributed by atoms with Crippen molar-refractivity contribution in [2.45, 2.75) is 19.3 Å². The molecule has 1 aliphatic carbocycles. The first kappa shape index (κ1) is 37.4. The molecule has 0 amide bonds. The van der Waals surface area contributed by atoms with Crippen molar-refractivity contribution in [2.24, 2.45) is 0 Å². The van der Waals surface area contributed by atoms with Crippen LogP contribution in [0.2, 0.25) is 0 Å². The van der Waals surface area contributed by atoms with Crippen molar-refractivity contribution in [1.82, 2.24) is 4.57 Å². The molecule has 306 valence electrons. The van der Waals surface area contributed by atoms with Crippen LogP contribution in [0.1, 0.15) is 25.0 Å². The zero-order valence-electron chi connectivity index (χ0n) is 36.2. The van der Waals surface area contributed by atoms with Crippen molar-refractivity contribution in [3.8, 4) is 72.4 Å². The van der Waals surface area contributed by atoms with Gasteiger partial charge in [-0.1, -0.05) is 166 Å². The minimum absolute atomic E-state index is 0.106. The summed E-state index contributed by atoms with van der Waals surface area (Å²) in [4.78, 5) is 0. The van der Waals surface area contributed by atoms with E-state index in [9.17, 15) is 0 Å². The average Bonchev–Trinajstić information content (AvgIpc) is 3.99. The Kier molecular flexibility index (Phi) is 8.29. The van der Waals surface area contributed by atoms with Gasteiger partial charge in [0.15, 0.2) is 0 Å². The Balaban J connectivity index is 1.02. The second-order valence-electron chi connectivity index (χ2n) is 18.1. The molecule has 0 radical (unpaired) electrons. The molecule has 0 aliphatic heterocycles. The van der Waals surface area contributed by atoms with E-state index in [1.54, 1.807) is 0 Å². The fourth-order valence-electron chi connectivity index (χ4n) is 10.7. The third-order valence-corrected chi connectivity index (χ3v) is 14.0. The van der Waals surface area contributed by atoms with Crippen molar-refractivity contribution < 1.29 is 4.42 Å². The van der Waals surface area contributed by atoms with Crippen LogP contribution in [0.15, 0.2) is 229 Å². The molecule has 0 N–H and O–H groups in total. The van der Waals surface area contributed by atoms with Crippen LogP contribution in [0.5, 0.6) is 0 Å². The summed E-state index contributed by atoms with van der Waals surface area (Å²) in [5.41, 5.74) is 22.4. The van der Waals surface area contributed by atoms with E-state index in [1.807, 2.05) is 0 Å². The van der Waals surface area contributed by atoms with Gasteiger partial charge in [0.2, 0.25) is 0 Å². The molecule has 2 nitrogen and oxygen atoms in total. The van der Waals surface area contributed by atoms with Crippen LogP contribution in [0.3, 0.4) is 0 Å². The molecule has 2 heterocycles. The summed E-state index contributed by atoms with van der Waals surface area (Å²) in [6.45, 7) is 4.72. The van der Waals surface area contributed by atoms with Crippen LogP contribution < -0.4 is 0 Å². The molecule has 10 aromatic carbocycles. The van der Waals surface area contributed by atoms with Crippen LogP contribution in [0.25, 0.3) is 116 Å². The first-order valence-corrected chi connectivity index (χ1v) is 22.6. The Morgan fingerprint density at radius 1 is 0.323 bits per heavy atom. The summed E-state index contributed by atoms with van der Waals surface area (Å²) < 4.78 is 9.05. The Morgan fingerprint density at radius 2 is 0.831 bits per heavy atom. The van der Waals surface area contributed by atoms with Crippen LogP contribution in [-0.2, 0) is 5.41 Å². The lowest BCUT2D eigenvalue weighted by Gasteiger charge is -2.22. The molecule has 65 heavy (non-hydrogen) atoms.